The minimum Gasteiger partial charge on any atom is -0.473 e. The fourth-order valence-corrected chi connectivity index (χ4v) is 2.75. The van der Waals surface area contributed by atoms with Gasteiger partial charge in [0.15, 0.2) is 0 Å². The number of rotatable bonds is 6. The minimum absolute atomic E-state index is 0.0269. The Hall–Kier alpha value is -2.45. The number of alkyl halides is 2. The molecule has 0 aliphatic carbocycles. The highest BCUT2D eigenvalue weighted by molar-refractivity contribution is 6.32. The summed E-state index contributed by atoms with van der Waals surface area (Å²) in [5.74, 6) is -0.289. The molecule has 0 radical (unpaired) electrons. The Bertz CT molecular complexity index is 801. The molecular formula is C18H17ClF2N2O4. The van der Waals surface area contributed by atoms with E-state index in [9.17, 15) is 13.6 Å². The first-order chi connectivity index (χ1) is 13.0. The van der Waals surface area contributed by atoms with E-state index in [1.165, 1.54) is 30.5 Å². The van der Waals surface area contributed by atoms with Gasteiger partial charge in [-0.3, -0.25) is 4.79 Å². The van der Waals surface area contributed by atoms with Crippen molar-refractivity contribution < 1.29 is 27.8 Å². The smallest absolute Gasteiger partial charge is 0.387 e. The summed E-state index contributed by atoms with van der Waals surface area (Å²) in [7, 11) is 0. The molecule has 1 aromatic heterocycles. The standard InChI is InChI=1S/C18H17ClF2N2O4/c19-15-8-11(10-22-17(15)26-13-4-6-25-7-5-13)16(24)23-12-2-1-3-14(9-12)27-18(20)21/h1-3,8-10,13,18H,4-7H2,(H,23,24). The van der Waals surface area contributed by atoms with Gasteiger partial charge in [0.1, 0.15) is 16.9 Å². The van der Waals surface area contributed by atoms with Gasteiger partial charge in [0.25, 0.3) is 5.91 Å². The average molecular weight is 399 g/mol. The summed E-state index contributed by atoms with van der Waals surface area (Å²) in [5.41, 5.74) is 0.510. The van der Waals surface area contributed by atoms with Crippen LogP contribution in [-0.2, 0) is 4.74 Å². The summed E-state index contributed by atoms with van der Waals surface area (Å²) >= 11 is 6.18. The average Bonchev–Trinajstić information content (AvgIpc) is 2.64. The van der Waals surface area contributed by atoms with E-state index in [4.69, 9.17) is 21.1 Å². The third-order valence-corrected chi connectivity index (χ3v) is 4.10. The Labute approximate surface area is 159 Å². The summed E-state index contributed by atoms with van der Waals surface area (Å²) in [6.45, 7) is -1.70. The van der Waals surface area contributed by atoms with Gasteiger partial charge in [-0.2, -0.15) is 8.78 Å². The fraction of sp³-hybridized carbons (Fsp3) is 0.333. The summed E-state index contributed by atoms with van der Waals surface area (Å²) < 4.78 is 39.9. The lowest BCUT2D eigenvalue weighted by atomic mass is 10.1. The zero-order valence-electron chi connectivity index (χ0n) is 14.2. The number of hydrogen-bond donors (Lipinski definition) is 1. The van der Waals surface area contributed by atoms with E-state index in [-0.39, 0.29) is 28.3 Å². The van der Waals surface area contributed by atoms with Crippen molar-refractivity contribution in [3.63, 3.8) is 0 Å². The van der Waals surface area contributed by atoms with E-state index < -0.39 is 12.5 Å². The number of amides is 1. The molecule has 1 aliphatic heterocycles. The van der Waals surface area contributed by atoms with Crippen LogP contribution < -0.4 is 14.8 Å². The van der Waals surface area contributed by atoms with Crippen molar-refractivity contribution in [2.45, 2.75) is 25.6 Å². The Morgan fingerprint density at radius 3 is 2.78 bits per heavy atom. The number of pyridine rings is 1. The highest BCUT2D eigenvalue weighted by Crippen LogP contribution is 2.26. The monoisotopic (exact) mass is 398 g/mol. The topological polar surface area (TPSA) is 69.7 Å². The van der Waals surface area contributed by atoms with Crippen molar-refractivity contribution in [1.29, 1.82) is 0 Å². The number of benzene rings is 1. The van der Waals surface area contributed by atoms with Gasteiger partial charge in [-0.15, -0.1) is 0 Å². The van der Waals surface area contributed by atoms with E-state index in [1.54, 1.807) is 6.07 Å². The van der Waals surface area contributed by atoms with Crippen LogP contribution in [0.4, 0.5) is 14.5 Å². The molecular weight excluding hydrogens is 382 g/mol. The van der Waals surface area contributed by atoms with Crippen molar-refractivity contribution in [3.8, 4) is 11.6 Å². The molecule has 2 aromatic rings. The van der Waals surface area contributed by atoms with Crippen LogP contribution in [0.3, 0.4) is 0 Å². The molecule has 0 spiro atoms. The summed E-state index contributed by atoms with van der Waals surface area (Å²) in [6, 6.07) is 7.14. The maximum absolute atomic E-state index is 12.3. The maximum atomic E-state index is 12.3. The molecule has 0 bridgehead atoms. The van der Waals surface area contributed by atoms with E-state index in [2.05, 4.69) is 15.0 Å². The number of carbonyl (C=O) groups excluding carboxylic acids is 1. The molecule has 1 saturated heterocycles. The predicted octanol–water partition coefficient (Wildman–Crippen LogP) is 4.15. The summed E-state index contributed by atoms with van der Waals surface area (Å²) in [6.07, 6.45) is 2.81. The molecule has 27 heavy (non-hydrogen) atoms. The van der Waals surface area contributed by atoms with Crippen molar-refractivity contribution in [2.75, 3.05) is 18.5 Å². The van der Waals surface area contributed by atoms with Crippen LogP contribution in [0.15, 0.2) is 36.5 Å². The number of aromatic nitrogens is 1. The molecule has 2 heterocycles. The summed E-state index contributed by atoms with van der Waals surface area (Å²) in [5, 5.41) is 2.79. The first-order valence-electron chi connectivity index (χ1n) is 8.27. The van der Waals surface area contributed by atoms with Crippen LogP contribution in [0, 0.1) is 0 Å². The van der Waals surface area contributed by atoms with Crippen LogP contribution in [0.25, 0.3) is 0 Å². The number of halogens is 3. The first-order valence-corrected chi connectivity index (χ1v) is 8.65. The second-order valence-corrected chi connectivity index (χ2v) is 6.21. The first kappa shape index (κ1) is 19.3. The number of ether oxygens (including phenoxy) is 3. The molecule has 1 aliphatic rings. The van der Waals surface area contributed by atoms with Crippen LogP contribution >= 0.6 is 11.6 Å². The van der Waals surface area contributed by atoms with Crippen LogP contribution in [0.2, 0.25) is 5.02 Å². The third-order valence-electron chi connectivity index (χ3n) is 3.83. The number of hydrogen-bond acceptors (Lipinski definition) is 5. The zero-order chi connectivity index (χ0) is 19.2. The van der Waals surface area contributed by atoms with Gasteiger partial charge in [0.05, 0.1) is 18.8 Å². The highest BCUT2D eigenvalue weighted by Gasteiger charge is 2.18. The normalized spacial score (nSPS) is 14.8. The third kappa shape index (κ3) is 5.51. The van der Waals surface area contributed by atoms with Gasteiger partial charge < -0.3 is 19.5 Å². The number of anilines is 1. The van der Waals surface area contributed by atoms with E-state index in [0.717, 1.165) is 12.8 Å². The van der Waals surface area contributed by atoms with Crippen molar-refractivity contribution in [3.05, 3.63) is 47.1 Å². The van der Waals surface area contributed by atoms with Crippen molar-refractivity contribution >= 4 is 23.2 Å². The van der Waals surface area contributed by atoms with Crippen LogP contribution in [0.1, 0.15) is 23.2 Å². The molecule has 0 saturated carbocycles. The zero-order valence-corrected chi connectivity index (χ0v) is 14.9. The van der Waals surface area contributed by atoms with Gasteiger partial charge in [0.2, 0.25) is 5.88 Å². The van der Waals surface area contributed by atoms with Crippen molar-refractivity contribution in [1.82, 2.24) is 4.98 Å². The molecule has 1 amide bonds. The molecule has 9 heteroatoms. The highest BCUT2D eigenvalue weighted by atomic mass is 35.5. The van der Waals surface area contributed by atoms with E-state index in [1.807, 2.05) is 0 Å². The second-order valence-electron chi connectivity index (χ2n) is 5.80. The van der Waals surface area contributed by atoms with Crippen LogP contribution in [-0.4, -0.2) is 36.8 Å². The van der Waals surface area contributed by atoms with Crippen molar-refractivity contribution in [2.24, 2.45) is 0 Å². The van der Waals surface area contributed by atoms with Crippen LogP contribution in [0.5, 0.6) is 11.6 Å². The Morgan fingerprint density at radius 2 is 2.07 bits per heavy atom. The molecule has 1 fully saturated rings. The SMILES string of the molecule is O=C(Nc1cccc(OC(F)F)c1)c1cnc(OC2CCOCC2)c(Cl)c1. The Morgan fingerprint density at radius 1 is 1.30 bits per heavy atom. The molecule has 1 N–H and O–H groups in total. The lowest BCUT2D eigenvalue weighted by molar-refractivity contribution is -0.0498. The van der Waals surface area contributed by atoms with E-state index in [0.29, 0.717) is 18.9 Å². The van der Waals surface area contributed by atoms with Gasteiger partial charge in [-0.05, 0) is 18.2 Å². The fourth-order valence-electron chi connectivity index (χ4n) is 2.54. The molecule has 6 nitrogen and oxygen atoms in total. The molecule has 1 aromatic carbocycles. The number of nitrogens with one attached hydrogen (secondary N) is 1. The number of carbonyl (C=O) groups is 1. The lowest BCUT2D eigenvalue weighted by Crippen LogP contribution is -2.26. The second kappa shape index (κ2) is 8.96. The van der Waals surface area contributed by atoms with Gasteiger partial charge in [-0.1, -0.05) is 17.7 Å². The lowest BCUT2D eigenvalue weighted by Gasteiger charge is -2.23. The minimum atomic E-state index is -2.94. The van der Waals surface area contributed by atoms with Gasteiger partial charge in [-0.25, -0.2) is 4.98 Å². The largest absolute Gasteiger partial charge is 0.473 e. The van der Waals surface area contributed by atoms with E-state index >= 15 is 0 Å². The number of nitrogens with zero attached hydrogens (tertiary/aromatic N) is 1. The molecule has 0 atom stereocenters. The quantitative estimate of drug-likeness (QED) is 0.791. The van der Waals surface area contributed by atoms with Gasteiger partial charge >= 0.3 is 6.61 Å². The molecule has 0 unspecified atom stereocenters. The predicted molar refractivity (Wildman–Crippen MR) is 94.7 cm³/mol. The Balaban J connectivity index is 1.65. The molecule has 144 valence electrons. The maximum Gasteiger partial charge on any atom is 0.387 e. The van der Waals surface area contributed by atoms with Gasteiger partial charge in [0, 0.05) is 30.8 Å². The Kier molecular flexibility index (Phi) is 6.41. The summed E-state index contributed by atoms with van der Waals surface area (Å²) in [4.78, 5) is 16.5. The molecule has 3 rings (SSSR count).